The van der Waals surface area contributed by atoms with Crippen LogP contribution in [0.2, 0.25) is 0 Å². The van der Waals surface area contributed by atoms with Crippen molar-refractivity contribution in [2.75, 3.05) is 0 Å². The maximum absolute atomic E-state index is 10.2. The standard InChI is InChI=1S/C10H16O2/c1-3-4-5-6-9(2)7-8-10(11)12/h3-4,7H,5-6,8H2,1-2H3,(H,11,12)/b4-3+,9-7-. The van der Waals surface area contributed by atoms with Crippen LogP contribution in [0.3, 0.4) is 0 Å². The Bertz CT molecular complexity index is 190. The molecule has 0 aromatic carbocycles. The van der Waals surface area contributed by atoms with Crippen LogP contribution >= 0.6 is 0 Å². The Balaban J connectivity index is 3.62. The highest BCUT2D eigenvalue weighted by molar-refractivity contribution is 5.68. The van der Waals surface area contributed by atoms with Gasteiger partial charge in [0.2, 0.25) is 0 Å². The zero-order chi connectivity index (χ0) is 9.40. The van der Waals surface area contributed by atoms with Crippen LogP contribution < -0.4 is 0 Å². The highest BCUT2D eigenvalue weighted by Gasteiger charge is 1.92. The molecule has 0 heterocycles. The second-order valence-corrected chi connectivity index (χ2v) is 2.76. The van der Waals surface area contributed by atoms with Crippen LogP contribution in [-0.2, 0) is 4.79 Å². The Kier molecular flexibility index (Phi) is 6.07. The molecule has 0 bridgehead atoms. The van der Waals surface area contributed by atoms with Crippen molar-refractivity contribution in [2.24, 2.45) is 0 Å². The van der Waals surface area contributed by atoms with Crippen molar-refractivity contribution >= 4 is 5.97 Å². The van der Waals surface area contributed by atoms with E-state index in [2.05, 4.69) is 6.08 Å². The van der Waals surface area contributed by atoms with Crippen molar-refractivity contribution in [2.45, 2.75) is 33.1 Å². The SMILES string of the molecule is C/C=C/CC/C(C)=C\CC(=O)O. The van der Waals surface area contributed by atoms with Crippen molar-refractivity contribution in [1.29, 1.82) is 0 Å². The van der Waals surface area contributed by atoms with Gasteiger partial charge >= 0.3 is 5.97 Å². The average Bonchev–Trinajstić information content (AvgIpc) is 2.01. The van der Waals surface area contributed by atoms with Gasteiger partial charge in [-0.05, 0) is 26.7 Å². The number of rotatable bonds is 5. The predicted octanol–water partition coefficient (Wildman–Crippen LogP) is 2.76. The van der Waals surface area contributed by atoms with Crippen molar-refractivity contribution < 1.29 is 9.90 Å². The molecule has 0 rings (SSSR count). The molecule has 0 aromatic rings. The molecule has 2 heteroatoms. The number of allylic oxidation sites excluding steroid dienone is 3. The predicted molar refractivity (Wildman–Crippen MR) is 50.1 cm³/mol. The van der Waals surface area contributed by atoms with E-state index in [1.165, 1.54) is 0 Å². The van der Waals surface area contributed by atoms with Gasteiger partial charge in [0, 0.05) is 0 Å². The first kappa shape index (κ1) is 11.0. The number of carbonyl (C=O) groups is 1. The Hall–Kier alpha value is -1.05. The van der Waals surface area contributed by atoms with E-state index in [1.54, 1.807) is 6.08 Å². The Labute approximate surface area is 73.6 Å². The summed E-state index contributed by atoms with van der Waals surface area (Å²) in [4.78, 5) is 10.2. The third-order valence-electron chi connectivity index (χ3n) is 1.57. The largest absolute Gasteiger partial charge is 0.481 e. The molecular formula is C10H16O2. The Morgan fingerprint density at radius 1 is 1.50 bits per heavy atom. The van der Waals surface area contributed by atoms with Gasteiger partial charge in [-0.15, -0.1) is 0 Å². The van der Waals surface area contributed by atoms with Crippen molar-refractivity contribution in [3.05, 3.63) is 23.8 Å². The van der Waals surface area contributed by atoms with Crippen molar-refractivity contribution in [3.63, 3.8) is 0 Å². The smallest absolute Gasteiger partial charge is 0.307 e. The fourth-order valence-electron chi connectivity index (χ4n) is 0.841. The quantitative estimate of drug-likeness (QED) is 0.641. The number of hydrogen-bond donors (Lipinski definition) is 1. The first-order valence-electron chi connectivity index (χ1n) is 4.15. The molecule has 0 saturated heterocycles. The van der Waals surface area contributed by atoms with Gasteiger partial charge in [-0.3, -0.25) is 4.79 Å². The van der Waals surface area contributed by atoms with E-state index in [1.807, 2.05) is 19.9 Å². The second-order valence-electron chi connectivity index (χ2n) is 2.76. The minimum atomic E-state index is -0.764. The monoisotopic (exact) mass is 168 g/mol. The van der Waals surface area contributed by atoms with E-state index >= 15 is 0 Å². The lowest BCUT2D eigenvalue weighted by molar-refractivity contribution is -0.136. The summed E-state index contributed by atoms with van der Waals surface area (Å²) in [6.45, 7) is 3.95. The minimum absolute atomic E-state index is 0.141. The van der Waals surface area contributed by atoms with E-state index in [9.17, 15) is 4.79 Å². The zero-order valence-electron chi connectivity index (χ0n) is 7.71. The molecule has 0 aliphatic rings. The second kappa shape index (κ2) is 6.65. The third kappa shape index (κ3) is 7.06. The molecule has 0 amide bonds. The lowest BCUT2D eigenvalue weighted by atomic mass is 10.1. The molecule has 0 spiro atoms. The summed E-state index contributed by atoms with van der Waals surface area (Å²) in [7, 11) is 0. The molecule has 0 aromatic heterocycles. The summed E-state index contributed by atoms with van der Waals surface area (Å²) in [6, 6.07) is 0. The molecule has 0 saturated carbocycles. The summed E-state index contributed by atoms with van der Waals surface area (Å²) in [5, 5.41) is 8.38. The first-order chi connectivity index (χ1) is 5.66. The van der Waals surface area contributed by atoms with Crippen molar-refractivity contribution in [3.8, 4) is 0 Å². The highest BCUT2D eigenvalue weighted by atomic mass is 16.4. The lowest BCUT2D eigenvalue weighted by Crippen LogP contribution is -1.91. The van der Waals surface area contributed by atoms with E-state index in [-0.39, 0.29) is 6.42 Å². The lowest BCUT2D eigenvalue weighted by Gasteiger charge is -1.95. The molecule has 0 aliphatic carbocycles. The van der Waals surface area contributed by atoms with Gasteiger partial charge in [0.05, 0.1) is 6.42 Å². The fraction of sp³-hybridized carbons (Fsp3) is 0.500. The molecule has 0 unspecified atom stereocenters. The normalized spacial score (nSPS) is 12.3. The van der Waals surface area contributed by atoms with Crippen LogP contribution in [0.5, 0.6) is 0 Å². The van der Waals surface area contributed by atoms with Crippen molar-refractivity contribution in [1.82, 2.24) is 0 Å². The number of carboxylic acid groups (broad SMARTS) is 1. The molecule has 2 nitrogen and oxygen atoms in total. The summed E-state index contributed by atoms with van der Waals surface area (Å²) < 4.78 is 0. The van der Waals surface area contributed by atoms with Crippen LogP contribution in [0.25, 0.3) is 0 Å². The van der Waals surface area contributed by atoms with E-state index in [0.29, 0.717) is 0 Å². The summed E-state index contributed by atoms with van der Waals surface area (Å²) in [5.74, 6) is -0.764. The van der Waals surface area contributed by atoms with Gasteiger partial charge in [-0.2, -0.15) is 0 Å². The van der Waals surface area contributed by atoms with E-state index < -0.39 is 5.97 Å². The van der Waals surface area contributed by atoms with E-state index in [4.69, 9.17) is 5.11 Å². The number of hydrogen-bond acceptors (Lipinski definition) is 1. The summed E-state index contributed by atoms with van der Waals surface area (Å²) >= 11 is 0. The van der Waals surface area contributed by atoms with Crippen LogP contribution in [0.4, 0.5) is 0 Å². The fourth-order valence-corrected chi connectivity index (χ4v) is 0.841. The van der Waals surface area contributed by atoms with Gasteiger partial charge in [-0.25, -0.2) is 0 Å². The molecule has 0 aliphatic heterocycles. The van der Waals surface area contributed by atoms with Gasteiger partial charge in [0.25, 0.3) is 0 Å². The number of aliphatic carboxylic acids is 1. The third-order valence-corrected chi connectivity index (χ3v) is 1.57. The minimum Gasteiger partial charge on any atom is -0.481 e. The summed E-state index contributed by atoms with van der Waals surface area (Å²) in [5.41, 5.74) is 1.15. The van der Waals surface area contributed by atoms with Crippen LogP contribution in [0.1, 0.15) is 33.1 Å². The molecular weight excluding hydrogens is 152 g/mol. The molecule has 1 N–H and O–H groups in total. The van der Waals surface area contributed by atoms with Crippen LogP contribution in [-0.4, -0.2) is 11.1 Å². The average molecular weight is 168 g/mol. The van der Waals surface area contributed by atoms with Gasteiger partial charge in [0.1, 0.15) is 0 Å². The van der Waals surface area contributed by atoms with E-state index in [0.717, 1.165) is 18.4 Å². The molecule has 68 valence electrons. The molecule has 0 fully saturated rings. The Morgan fingerprint density at radius 2 is 2.17 bits per heavy atom. The zero-order valence-corrected chi connectivity index (χ0v) is 7.71. The summed E-state index contributed by atoms with van der Waals surface area (Å²) in [6.07, 6.45) is 7.95. The first-order valence-corrected chi connectivity index (χ1v) is 4.15. The van der Waals surface area contributed by atoms with Crippen LogP contribution in [0, 0.1) is 0 Å². The topological polar surface area (TPSA) is 37.3 Å². The highest BCUT2D eigenvalue weighted by Crippen LogP contribution is 2.05. The molecule has 12 heavy (non-hydrogen) atoms. The number of carboxylic acids is 1. The van der Waals surface area contributed by atoms with Gasteiger partial charge in [-0.1, -0.05) is 23.8 Å². The van der Waals surface area contributed by atoms with Gasteiger partial charge < -0.3 is 5.11 Å². The Morgan fingerprint density at radius 3 is 2.67 bits per heavy atom. The van der Waals surface area contributed by atoms with Crippen LogP contribution in [0.15, 0.2) is 23.8 Å². The maximum Gasteiger partial charge on any atom is 0.307 e. The van der Waals surface area contributed by atoms with Gasteiger partial charge in [0.15, 0.2) is 0 Å². The molecule has 0 atom stereocenters. The molecule has 0 radical (unpaired) electrons. The maximum atomic E-state index is 10.2.